The third kappa shape index (κ3) is 4.26. The monoisotopic (exact) mass is 439 g/mol. The van der Waals surface area contributed by atoms with Crippen molar-refractivity contribution in [2.45, 2.75) is 74.9 Å². The summed E-state index contributed by atoms with van der Waals surface area (Å²) in [5.74, 6) is 0.234. The van der Waals surface area contributed by atoms with E-state index in [1.165, 1.54) is 0 Å². The minimum absolute atomic E-state index is 0.0399. The second kappa shape index (κ2) is 8.36. The minimum atomic E-state index is -3.64. The van der Waals surface area contributed by atoms with Crippen molar-refractivity contribution in [3.8, 4) is 0 Å². The zero-order valence-electron chi connectivity index (χ0n) is 17.7. The number of aryl methyl sites for hydroxylation is 1. The van der Waals surface area contributed by atoms with E-state index in [1.54, 1.807) is 22.6 Å². The van der Waals surface area contributed by atoms with Crippen LogP contribution in [0.2, 0.25) is 0 Å². The van der Waals surface area contributed by atoms with Crippen molar-refractivity contribution in [3.63, 3.8) is 0 Å². The lowest BCUT2D eigenvalue weighted by molar-refractivity contribution is -0.125. The van der Waals surface area contributed by atoms with Gasteiger partial charge in [0.15, 0.2) is 0 Å². The Balaban J connectivity index is 1.39. The Morgan fingerprint density at radius 3 is 2.58 bits per heavy atom. The van der Waals surface area contributed by atoms with Crippen LogP contribution in [0, 0.1) is 5.92 Å². The Kier molecular flexibility index (Phi) is 5.56. The number of nitrogens with zero attached hydrogens (tertiary/aromatic N) is 2. The van der Waals surface area contributed by atoms with Crippen LogP contribution >= 0.6 is 0 Å². The summed E-state index contributed by atoms with van der Waals surface area (Å²) in [6.07, 6.45) is 9.33. The summed E-state index contributed by atoms with van der Waals surface area (Å²) < 4.78 is 28.7. The van der Waals surface area contributed by atoms with Crippen molar-refractivity contribution in [2.24, 2.45) is 5.92 Å². The van der Waals surface area contributed by atoms with Crippen molar-refractivity contribution in [1.29, 1.82) is 0 Å². The van der Waals surface area contributed by atoms with Crippen LogP contribution in [-0.4, -0.2) is 29.7 Å². The summed E-state index contributed by atoms with van der Waals surface area (Å²) in [5, 5.41) is 3.20. The first-order valence-electron chi connectivity index (χ1n) is 11.4. The molecule has 0 spiro atoms. The molecule has 2 saturated carbocycles. The lowest BCUT2D eigenvalue weighted by Gasteiger charge is -2.23. The second-order valence-corrected chi connectivity index (χ2v) is 10.9. The number of carbonyl (C=O) groups is 1. The number of rotatable bonds is 7. The molecule has 1 atom stereocenters. The molecule has 0 aliphatic heterocycles. The largest absolute Gasteiger partial charge is 0.349 e. The number of amides is 1. The number of hydrogen-bond acceptors (Lipinski definition) is 4. The van der Waals surface area contributed by atoms with Crippen LogP contribution in [0.3, 0.4) is 0 Å². The van der Waals surface area contributed by atoms with Gasteiger partial charge in [-0.25, -0.2) is 8.42 Å². The zero-order chi connectivity index (χ0) is 21.4. The lowest BCUT2D eigenvalue weighted by atomic mass is 10.0. The number of fused-ring (bicyclic) bond motifs is 1. The third-order valence-electron chi connectivity index (χ3n) is 6.84. The molecule has 5 rings (SSSR count). The van der Waals surface area contributed by atoms with Crippen LogP contribution in [0.5, 0.6) is 0 Å². The van der Waals surface area contributed by atoms with Crippen molar-refractivity contribution < 1.29 is 13.2 Å². The van der Waals surface area contributed by atoms with Crippen molar-refractivity contribution >= 4 is 15.9 Å². The van der Waals surface area contributed by atoms with E-state index in [0.717, 1.165) is 68.2 Å². The maximum Gasteiger partial charge on any atom is 0.243 e. The number of carbonyl (C=O) groups excluding carboxylic acids is 1. The summed E-state index contributed by atoms with van der Waals surface area (Å²) in [6.45, 7) is 0.284. The third-order valence-corrected chi connectivity index (χ3v) is 8.74. The standard InChI is InChI=1S/C24H29N3O3S/c28-24(18-5-1-2-6-18)26-23-13-9-17-8-12-21(15-22(17)23)31(29,30)27(20-10-11-20)16-19-7-3-4-14-25-19/h3-4,7-8,12,14-15,18,20,23H,1-2,5-6,9-11,13,16H2,(H,26,28). The molecule has 0 radical (unpaired) electrons. The highest BCUT2D eigenvalue weighted by atomic mass is 32.2. The molecular formula is C24H29N3O3S. The Labute approximate surface area is 184 Å². The fraction of sp³-hybridized carbons (Fsp3) is 0.500. The van der Waals surface area contributed by atoms with Gasteiger partial charge in [0.1, 0.15) is 0 Å². The molecule has 7 heteroatoms. The van der Waals surface area contributed by atoms with Gasteiger partial charge in [-0.05, 0) is 73.9 Å². The van der Waals surface area contributed by atoms with Crippen LogP contribution in [0.25, 0.3) is 0 Å². The van der Waals surface area contributed by atoms with Crippen molar-refractivity contribution in [3.05, 3.63) is 59.4 Å². The molecule has 31 heavy (non-hydrogen) atoms. The first kappa shape index (κ1) is 20.6. The zero-order valence-corrected chi connectivity index (χ0v) is 18.5. The first-order chi connectivity index (χ1) is 15.0. The Hall–Kier alpha value is -2.25. The predicted octanol–water partition coefficient (Wildman–Crippen LogP) is 3.73. The van der Waals surface area contributed by atoms with E-state index >= 15 is 0 Å². The summed E-state index contributed by atoms with van der Waals surface area (Å²) in [5.41, 5.74) is 2.85. The van der Waals surface area contributed by atoms with E-state index in [4.69, 9.17) is 0 Å². The number of aromatic nitrogens is 1. The molecule has 164 valence electrons. The van der Waals surface area contributed by atoms with Gasteiger partial charge in [-0.3, -0.25) is 9.78 Å². The lowest BCUT2D eigenvalue weighted by Crippen LogP contribution is -2.33. The van der Waals surface area contributed by atoms with E-state index in [1.807, 2.05) is 24.3 Å². The SMILES string of the molecule is O=C(NC1CCc2ccc(S(=O)(=O)N(Cc3ccccn3)C3CC3)cc21)C1CCCC1. The molecule has 1 aromatic carbocycles. The predicted molar refractivity (Wildman–Crippen MR) is 118 cm³/mol. The highest BCUT2D eigenvalue weighted by Crippen LogP contribution is 2.37. The molecule has 6 nitrogen and oxygen atoms in total. The van der Waals surface area contributed by atoms with Gasteiger partial charge in [-0.2, -0.15) is 4.31 Å². The second-order valence-electron chi connectivity index (χ2n) is 9.04. The van der Waals surface area contributed by atoms with Crippen LogP contribution in [0.15, 0.2) is 47.5 Å². The first-order valence-corrected chi connectivity index (χ1v) is 12.8. The van der Waals surface area contributed by atoms with Crippen LogP contribution in [0.4, 0.5) is 0 Å². The fourth-order valence-corrected chi connectivity index (χ4v) is 6.62. The smallest absolute Gasteiger partial charge is 0.243 e. The minimum Gasteiger partial charge on any atom is -0.349 e. The molecule has 2 fully saturated rings. The molecule has 2 aromatic rings. The number of nitrogens with one attached hydrogen (secondary N) is 1. The molecule has 1 aromatic heterocycles. The van der Waals surface area contributed by atoms with Gasteiger partial charge >= 0.3 is 0 Å². The summed E-state index contributed by atoms with van der Waals surface area (Å²) in [4.78, 5) is 17.3. The van der Waals surface area contributed by atoms with Crippen molar-refractivity contribution in [2.75, 3.05) is 0 Å². The van der Waals surface area contributed by atoms with E-state index in [9.17, 15) is 13.2 Å². The molecule has 1 unspecified atom stereocenters. The normalized spacial score (nSPS) is 21.4. The maximum absolute atomic E-state index is 13.6. The van der Waals surface area contributed by atoms with E-state index < -0.39 is 10.0 Å². The molecule has 3 aliphatic carbocycles. The molecule has 0 saturated heterocycles. The summed E-state index contributed by atoms with van der Waals surface area (Å²) in [6, 6.07) is 11.0. The van der Waals surface area contributed by atoms with Crippen LogP contribution < -0.4 is 5.32 Å². The number of hydrogen-bond donors (Lipinski definition) is 1. The van der Waals surface area contributed by atoms with Crippen LogP contribution in [-0.2, 0) is 27.8 Å². The summed E-state index contributed by atoms with van der Waals surface area (Å²) >= 11 is 0. The molecule has 0 bridgehead atoms. The van der Waals surface area contributed by atoms with Gasteiger partial charge in [-0.1, -0.05) is 25.0 Å². The van der Waals surface area contributed by atoms with Crippen LogP contribution in [0.1, 0.15) is 67.8 Å². The van der Waals surface area contributed by atoms with Gasteiger partial charge in [0.2, 0.25) is 15.9 Å². The Bertz CT molecular complexity index is 1060. The summed E-state index contributed by atoms with van der Waals surface area (Å²) in [7, 11) is -3.64. The topological polar surface area (TPSA) is 79.4 Å². The molecule has 1 heterocycles. The van der Waals surface area contributed by atoms with E-state index in [-0.39, 0.29) is 30.5 Å². The van der Waals surface area contributed by atoms with Gasteiger partial charge in [-0.15, -0.1) is 0 Å². The van der Waals surface area contributed by atoms with Gasteiger partial charge in [0.25, 0.3) is 0 Å². The van der Waals surface area contributed by atoms with Gasteiger partial charge < -0.3 is 5.32 Å². The average Bonchev–Trinajstić information content (AvgIpc) is 3.30. The average molecular weight is 440 g/mol. The fourth-order valence-electron chi connectivity index (χ4n) is 4.93. The number of pyridine rings is 1. The van der Waals surface area contributed by atoms with E-state index in [2.05, 4.69) is 10.3 Å². The van der Waals surface area contributed by atoms with Gasteiger partial charge in [0.05, 0.1) is 23.2 Å². The Morgan fingerprint density at radius 2 is 1.87 bits per heavy atom. The highest BCUT2D eigenvalue weighted by molar-refractivity contribution is 7.89. The number of benzene rings is 1. The van der Waals surface area contributed by atoms with Crippen molar-refractivity contribution in [1.82, 2.24) is 14.6 Å². The van der Waals surface area contributed by atoms with Gasteiger partial charge in [0, 0.05) is 18.2 Å². The van der Waals surface area contributed by atoms with E-state index in [0.29, 0.717) is 4.90 Å². The molecule has 1 amide bonds. The quantitative estimate of drug-likeness (QED) is 0.713. The maximum atomic E-state index is 13.6. The number of sulfonamides is 1. The highest BCUT2D eigenvalue weighted by Gasteiger charge is 2.39. The molecule has 1 N–H and O–H groups in total. The Morgan fingerprint density at radius 1 is 1.06 bits per heavy atom. The molecule has 3 aliphatic rings. The molecular weight excluding hydrogens is 410 g/mol.